The van der Waals surface area contributed by atoms with Crippen molar-refractivity contribution in [3.63, 3.8) is 0 Å². The molecule has 0 unspecified atom stereocenters. The second-order valence-electron chi connectivity index (χ2n) is 9.08. The standard InChI is InChI=1S/C23H23N7O7S3/c1-9-11(3)40-14-5-28(8-29(9)14)4-12-6-38-20-16(19(32)30(20)17(12)22(35)36)26-18(31)15(13-7-39-23(24)25-13)27-37-10(2)21(33)34/h5,7-8,10,16,20H,4,6H2,1-3H3,(H4-,24,25,26,31,33,34,35,36)/p+1/b27-15-/t10-,16+,20+/m0/s1. The summed E-state index contributed by atoms with van der Waals surface area (Å²) in [6.45, 7) is 5.57. The number of aliphatic carboxylic acids is 2. The summed E-state index contributed by atoms with van der Waals surface area (Å²) < 4.78 is 3.93. The maximum Gasteiger partial charge on any atom is 0.352 e. The number of fused-ring (bicyclic) bond motifs is 2. The van der Waals surface area contributed by atoms with Gasteiger partial charge >= 0.3 is 11.9 Å². The first-order valence-corrected chi connectivity index (χ1v) is 14.6. The normalized spacial score (nSPS) is 19.8. The molecule has 2 amide bonds. The molecule has 5 heterocycles. The molecule has 17 heteroatoms. The molecular weight excluding hydrogens is 582 g/mol. The Morgan fingerprint density at radius 1 is 1.35 bits per heavy atom. The van der Waals surface area contributed by atoms with Gasteiger partial charge in [0.25, 0.3) is 11.8 Å². The number of nitrogens with zero attached hydrogens (tertiary/aromatic N) is 5. The number of aromatic nitrogens is 3. The van der Waals surface area contributed by atoms with Crippen molar-refractivity contribution in [1.82, 2.24) is 19.6 Å². The van der Waals surface area contributed by atoms with Crippen LogP contribution in [0.1, 0.15) is 23.2 Å². The van der Waals surface area contributed by atoms with E-state index in [1.54, 1.807) is 11.3 Å². The number of thiazole rings is 2. The number of carboxylic acids is 2. The van der Waals surface area contributed by atoms with Crippen molar-refractivity contribution in [3.05, 3.63) is 45.4 Å². The Hall–Kier alpha value is -3.96. The molecular formula is C23H24N7O7S3+. The van der Waals surface area contributed by atoms with Crippen LogP contribution in [0.3, 0.4) is 0 Å². The maximum absolute atomic E-state index is 13.2. The number of carbonyl (C=O) groups excluding carboxylic acids is 2. The van der Waals surface area contributed by atoms with Gasteiger partial charge in [-0.3, -0.25) is 14.5 Å². The van der Waals surface area contributed by atoms with E-state index in [9.17, 15) is 24.3 Å². The van der Waals surface area contributed by atoms with E-state index in [1.165, 1.54) is 33.8 Å². The van der Waals surface area contributed by atoms with Gasteiger partial charge in [0.1, 0.15) is 41.2 Å². The summed E-state index contributed by atoms with van der Waals surface area (Å²) in [5, 5.41) is 26.2. The Labute approximate surface area is 238 Å². The molecule has 40 heavy (non-hydrogen) atoms. The Morgan fingerprint density at radius 3 is 2.73 bits per heavy atom. The topological polar surface area (TPSA) is 193 Å². The van der Waals surface area contributed by atoms with Crippen molar-refractivity contribution in [1.29, 1.82) is 0 Å². The number of β-lactam (4-membered cyclic amide) rings is 1. The van der Waals surface area contributed by atoms with E-state index in [-0.39, 0.29) is 28.8 Å². The molecule has 3 aromatic heterocycles. The SMILES string of the molecule is Cc1sc2c[n+](CC3=C(C(=O)O)N4C(=O)[C@@H](NC(=O)/C(=N\O[C@@H](C)C(=O)O)c5csc(N)n5)[C@H]4SC3)cn2c1C. The van der Waals surface area contributed by atoms with Gasteiger partial charge in [-0.05, 0) is 20.8 Å². The second-order valence-corrected chi connectivity index (χ2v) is 12.3. The first kappa shape index (κ1) is 27.6. The van der Waals surface area contributed by atoms with Crippen molar-refractivity contribution >= 4 is 73.9 Å². The fourth-order valence-electron chi connectivity index (χ4n) is 4.27. The number of oxime groups is 1. The summed E-state index contributed by atoms with van der Waals surface area (Å²) in [5.41, 5.74) is 6.92. The molecule has 0 saturated carbocycles. The first-order valence-electron chi connectivity index (χ1n) is 11.8. The maximum atomic E-state index is 13.2. The number of thioether (sulfide) groups is 1. The third-order valence-corrected chi connectivity index (χ3v) is 9.57. The average Bonchev–Trinajstić information content (AvgIpc) is 3.58. The van der Waals surface area contributed by atoms with Gasteiger partial charge in [0.15, 0.2) is 10.8 Å². The van der Waals surface area contributed by atoms with Gasteiger partial charge in [-0.1, -0.05) is 16.5 Å². The van der Waals surface area contributed by atoms with Crippen LogP contribution in [0.5, 0.6) is 0 Å². The highest BCUT2D eigenvalue weighted by Crippen LogP contribution is 2.40. The highest BCUT2D eigenvalue weighted by Gasteiger charge is 2.54. The Kier molecular flexibility index (Phi) is 7.28. The van der Waals surface area contributed by atoms with Crippen LogP contribution < -0.4 is 15.6 Å². The fourth-order valence-corrected chi connectivity index (χ4v) is 7.18. The number of amides is 2. The smallest absolute Gasteiger partial charge is 0.352 e. The summed E-state index contributed by atoms with van der Waals surface area (Å²) in [7, 11) is 0. The van der Waals surface area contributed by atoms with Crippen molar-refractivity contribution in [2.45, 2.75) is 44.8 Å². The van der Waals surface area contributed by atoms with E-state index in [0.29, 0.717) is 11.3 Å². The molecule has 14 nitrogen and oxygen atoms in total. The zero-order valence-corrected chi connectivity index (χ0v) is 23.8. The van der Waals surface area contributed by atoms with Crippen molar-refractivity contribution in [2.75, 3.05) is 11.5 Å². The van der Waals surface area contributed by atoms with Crippen molar-refractivity contribution < 1.29 is 38.8 Å². The molecule has 2 aliphatic rings. The van der Waals surface area contributed by atoms with E-state index in [2.05, 4.69) is 15.5 Å². The minimum Gasteiger partial charge on any atom is -0.478 e. The van der Waals surface area contributed by atoms with Crippen LogP contribution in [0.15, 0.2) is 34.3 Å². The fraction of sp³-hybridized carbons (Fsp3) is 0.348. The third kappa shape index (κ3) is 4.90. The van der Waals surface area contributed by atoms with E-state index < -0.39 is 41.3 Å². The van der Waals surface area contributed by atoms with E-state index in [4.69, 9.17) is 15.7 Å². The number of nitrogens with one attached hydrogen (secondary N) is 1. The lowest BCUT2D eigenvalue weighted by Crippen LogP contribution is -2.71. The lowest BCUT2D eigenvalue weighted by atomic mass is 10.0. The molecule has 1 fully saturated rings. The predicted molar refractivity (Wildman–Crippen MR) is 146 cm³/mol. The van der Waals surface area contributed by atoms with Crippen LogP contribution in [-0.2, 0) is 30.6 Å². The molecule has 5 N–H and O–H groups in total. The molecule has 210 valence electrons. The largest absolute Gasteiger partial charge is 0.478 e. The zero-order chi connectivity index (χ0) is 28.9. The van der Waals surface area contributed by atoms with Crippen LogP contribution >= 0.6 is 34.4 Å². The van der Waals surface area contributed by atoms with Gasteiger partial charge < -0.3 is 26.1 Å². The first-order chi connectivity index (χ1) is 19.0. The number of anilines is 1. The van der Waals surface area contributed by atoms with Crippen molar-refractivity contribution in [2.24, 2.45) is 5.16 Å². The molecule has 1 saturated heterocycles. The van der Waals surface area contributed by atoms with Gasteiger partial charge in [-0.2, -0.15) is 4.40 Å². The van der Waals surface area contributed by atoms with E-state index >= 15 is 0 Å². The number of aryl methyl sites for hydroxylation is 2. The summed E-state index contributed by atoms with van der Waals surface area (Å²) in [5.74, 6) is -3.63. The predicted octanol–water partition coefficient (Wildman–Crippen LogP) is 0.576. The molecule has 0 aliphatic carbocycles. The summed E-state index contributed by atoms with van der Waals surface area (Å²) in [6, 6.07) is -1.04. The zero-order valence-electron chi connectivity index (χ0n) is 21.4. The number of carbonyl (C=O) groups is 4. The number of hydrogen-bond acceptors (Lipinski definition) is 11. The molecule has 5 rings (SSSR count). The Balaban J connectivity index is 1.35. The minimum absolute atomic E-state index is 0.0425. The molecule has 3 aromatic rings. The summed E-state index contributed by atoms with van der Waals surface area (Å²) >= 11 is 4.01. The number of hydrogen-bond donors (Lipinski definition) is 4. The molecule has 2 aliphatic heterocycles. The number of rotatable bonds is 9. The average molecular weight is 607 g/mol. The van der Waals surface area contributed by atoms with E-state index in [1.807, 2.05) is 35.3 Å². The molecule has 3 atom stereocenters. The molecule has 0 radical (unpaired) electrons. The number of carboxylic acid groups (broad SMARTS) is 2. The number of nitrogens with two attached hydrogens (primary N) is 1. The molecule has 0 aromatic carbocycles. The second kappa shape index (κ2) is 10.5. The van der Waals surface area contributed by atoms with Crippen LogP contribution in [0.4, 0.5) is 5.13 Å². The van der Waals surface area contributed by atoms with Gasteiger partial charge in [-0.25, -0.2) is 19.1 Å². The van der Waals surface area contributed by atoms with Crippen LogP contribution in [0, 0.1) is 13.8 Å². The third-order valence-electron chi connectivity index (χ3n) is 6.45. The number of imidazole rings is 1. The molecule has 0 bridgehead atoms. The highest BCUT2D eigenvalue weighted by atomic mass is 32.2. The Bertz CT molecular complexity index is 1620. The van der Waals surface area contributed by atoms with Crippen LogP contribution in [0.25, 0.3) is 4.83 Å². The highest BCUT2D eigenvalue weighted by molar-refractivity contribution is 8.00. The number of nitrogen functional groups attached to an aromatic ring is 1. The van der Waals surface area contributed by atoms with Gasteiger partial charge in [0.2, 0.25) is 17.3 Å². The summed E-state index contributed by atoms with van der Waals surface area (Å²) in [4.78, 5) is 62.0. The van der Waals surface area contributed by atoms with Gasteiger partial charge in [0.05, 0.1) is 0 Å². The van der Waals surface area contributed by atoms with Crippen molar-refractivity contribution in [3.8, 4) is 0 Å². The monoisotopic (exact) mass is 606 g/mol. The van der Waals surface area contributed by atoms with E-state index in [0.717, 1.165) is 21.9 Å². The minimum atomic E-state index is -1.35. The lowest BCUT2D eigenvalue weighted by Gasteiger charge is -2.49. The van der Waals surface area contributed by atoms with Crippen LogP contribution in [-0.4, -0.2) is 77.2 Å². The van der Waals surface area contributed by atoms with Gasteiger partial charge in [-0.15, -0.1) is 23.1 Å². The lowest BCUT2D eigenvalue weighted by molar-refractivity contribution is -0.687. The summed E-state index contributed by atoms with van der Waals surface area (Å²) in [6.07, 6.45) is 2.49. The van der Waals surface area contributed by atoms with Gasteiger partial charge in [0, 0.05) is 21.6 Å². The van der Waals surface area contributed by atoms with Crippen LogP contribution in [0.2, 0.25) is 0 Å². The molecule has 0 spiro atoms. The quantitative estimate of drug-likeness (QED) is 0.116. The Morgan fingerprint density at radius 2 is 2.10 bits per heavy atom.